The van der Waals surface area contributed by atoms with Gasteiger partial charge in [0, 0.05) is 23.6 Å². The molecule has 0 aliphatic carbocycles. The van der Waals surface area contributed by atoms with Crippen molar-refractivity contribution in [2.24, 2.45) is 0 Å². The van der Waals surface area contributed by atoms with Crippen LogP contribution >= 0.6 is 0 Å². The van der Waals surface area contributed by atoms with E-state index in [1.54, 1.807) is 38.5 Å². The summed E-state index contributed by atoms with van der Waals surface area (Å²) in [7, 11) is 3.50. The number of hydrogen-bond donors (Lipinski definition) is 0. The van der Waals surface area contributed by atoms with Gasteiger partial charge in [0.2, 0.25) is 0 Å². The van der Waals surface area contributed by atoms with Crippen LogP contribution in [0.5, 0.6) is 5.75 Å². The van der Waals surface area contributed by atoms with Crippen molar-refractivity contribution in [1.82, 2.24) is 4.98 Å². The Kier molecular flexibility index (Phi) is 11.0. The van der Waals surface area contributed by atoms with Crippen LogP contribution in [0.4, 0.5) is 13.2 Å². The second kappa shape index (κ2) is 11.9. The van der Waals surface area contributed by atoms with Gasteiger partial charge >= 0.3 is 22.1 Å². The molecular weight excluding hydrogens is 487 g/mol. The van der Waals surface area contributed by atoms with Crippen LogP contribution in [0.1, 0.15) is 11.3 Å². The Balaban J connectivity index is 0.000000868. The molecule has 0 N–H and O–H groups in total. The van der Waals surface area contributed by atoms with Gasteiger partial charge in [-0.2, -0.15) is 14.1 Å². The summed E-state index contributed by atoms with van der Waals surface area (Å²) in [5, 5.41) is 3.50. The molecule has 0 aliphatic rings. The van der Waals surface area contributed by atoms with Crippen molar-refractivity contribution in [1.29, 1.82) is 0 Å². The topological polar surface area (TPSA) is 53.3 Å². The predicted molar refractivity (Wildman–Crippen MR) is 74.4 cm³/mol. The van der Waals surface area contributed by atoms with E-state index in [4.69, 9.17) is 8.28 Å². The third kappa shape index (κ3) is 6.98. The predicted octanol–water partition coefficient (Wildman–Crippen LogP) is 3.68. The second-order valence-electron chi connectivity index (χ2n) is 4.08. The maximum atomic E-state index is 13.6. The molecule has 0 spiro atoms. The Morgan fingerprint density at radius 1 is 1.22 bits per heavy atom. The molecular formula is C15H15F3N2O2Os-2. The van der Waals surface area contributed by atoms with Crippen molar-refractivity contribution in [2.45, 2.75) is 13.5 Å². The van der Waals surface area contributed by atoms with E-state index in [1.807, 2.05) is 6.07 Å². The third-order valence-corrected chi connectivity index (χ3v) is 2.36. The molecule has 2 rings (SSSR count). The minimum atomic E-state index is -1.26. The van der Waals surface area contributed by atoms with Crippen molar-refractivity contribution in [3.8, 4) is 5.75 Å². The molecule has 23 heavy (non-hydrogen) atoms. The molecule has 1 heterocycles. The van der Waals surface area contributed by atoms with Crippen molar-refractivity contribution >= 4 is 0 Å². The first-order chi connectivity index (χ1) is 11.0. The number of ether oxygens (including phenoxy) is 1. The summed E-state index contributed by atoms with van der Waals surface area (Å²) in [5.74, 6) is -3.91. The van der Waals surface area contributed by atoms with Crippen molar-refractivity contribution < 1.29 is 40.0 Å². The van der Waals surface area contributed by atoms with E-state index in [0.29, 0.717) is 24.2 Å². The van der Waals surface area contributed by atoms with E-state index in [9.17, 15) is 13.2 Å². The molecule has 128 valence electrons. The molecule has 0 atom stereocenters. The van der Waals surface area contributed by atoms with Crippen LogP contribution in [-0.2, 0) is 28.7 Å². The monoisotopic (exact) mass is 504 g/mol. The molecule has 0 unspecified atom stereocenters. The van der Waals surface area contributed by atoms with Gasteiger partial charge in [-0.25, -0.2) is 4.39 Å². The number of nitrogens with zero attached hydrogens (tertiary/aromatic N) is 2. The van der Waals surface area contributed by atoms with Crippen molar-refractivity contribution in [2.75, 3.05) is 14.1 Å². The Bertz CT molecular complexity index is 601. The molecule has 0 saturated carbocycles. The van der Waals surface area contributed by atoms with E-state index in [2.05, 4.69) is 10.3 Å². The molecule has 0 bridgehead atoms. The van der Waals surface area contributed by atoms with Crippen LogP contribution in [0, 0.1) is 30.4 Å². The number of benzene rings is 1. The summed E-state index contributed by atoms with van der Waals surface area (Å²) in [4.78, 5) is 3.96. The molecule has 2 aromatic rings. The Hall–Kier alpha value is -1.64. The number of hydrogen-bond acceptors (Lipinski definition) is 3. The number of pyridine rings is 1. The Morgan fingerprint density at radius 3 is 2.35 bits per heavy atom. The molecule has 4 nitrogen and oxygen atoms in total. The van der Waals surface area contributed by atoms with E-state index in [1.165, 1.54) is 0 Å². The van der Waals surface area contributed by atoms with Gasteiger partial charge < -0.3 is 10.1 Å². The van der Waals surface area contributed by atoms with Gasteiger partial charge in [0.15, 0.2) is 0 Å². The van der Waals surface area contributed by atoms with Gasteiger partial charge in [0.05, 0.1) is 11.5 Å². The summed E-state index contributed by atoms with van der Waals surface area (Å²) in [6.07, 6.45) is 1.55. The van der Waals surface area contributed by atoms with Gasteiger partial charge in [0.1, 0.15) is 6.61 Å². The van der Waals surface area contributed by atoms with Crippen LogP contribution in [0.15, 0.2) is 24.4 Å². The summed E-state index contributed by atoms with van der Waals surface area (Å²) >= 11 is 0.611. The molecule has 0 aliphatic heterocycles. The van der Waals surface area contributed by atoms with Crippen molar-refractivity contribution in [3.63, 3.8) is 0 Å². The average molecular weight is 503 g/mol. The molecule has 1 aromatic carbocycles. The quantitative estimate of drug-likeness (QED) is 0.475. The average Bonchev–Trinajstić information content (AvgIpc) is 2.58. The van der Waals surface area contributed by atoms with E-state index >= 15 is 0 Å². The summed E-state index contributed by atoms with van der Waals surface area (Å²) in [6, 6.07) is 7.02. The third-order valence-electron chi connectivity index (χ3n) is 2.36. The fraction of sp³-hybridized carbons (Fsp3) is 0.267. The van der Waals surface area contributed by atoms with Gasteiger partial charge in [-0.05, 0) is 12.1 Å². The van der Waals surface area contributed by atoms with Crippen LogP contribution in [0.2, 0.25) is 0 Å². The molecule has 8 heteroatoms. The fourth-order valence-electron chi connectivity index (χ4n) is 1.37. The van der Waals surface area contributed by atoms with Crippen LogP contribution < -0.4 is 4.74 Å². The maximum absolute atomic E-state index is 13.6. The van der Waals surface area contributed by atoms with Crippen LogP contribution in [-0.4, -0.2) is 19.1 Å². The summed E-state index contributed by atoms with van der Waals surface area (Å²) in [6.45, 7) is 1.09. The van der Waals surface area contributed by atoms with Gasteiger partial charge in [-0.1, -0.05) is 24.6 Å². The normalized spacial score (nSPS) is 9.17. The minimum absolute atomic E-state index is 0.0429. The Morgan fingerprint density at radius 2 is 1.83 bits per heavy atom. The molecule has 0 fully saturated rings. The first kappa shape index (κ1) is 21.4. The number of halogens is 3. The zero-order valence-electron chi connectivity index (χ0n) is 12.7. The molecule has 0 amide bonds. The first-order valence-electron chi connectivity index (χ1n) is 6.22. The number of aromatic nitrogens is 1. The van der Waals surface area contributed by atoms with Crippen LogP contribution in [0.3, 0.4) is 0 Å². The van der Waals surface area contributed by atoms with Gasteiger partial charge in [-0.15, -0.1) is 0 Å². The molecule has 1 aromatic heterocycles. The van der Waals surface area contributed by atoms with Crippen molar-refractivity contribution in [3.05, 3.63) is 64.5 Å². The Labute approximate surface area is 143 Å². The fourth-order valence-corrected chi connectivity index (χ4v) is 1.37. The van der Waals surface area contributed by atoms with E-state index in [0.717, 1.165) is 6.92 Å². The van der Waals surface area contributed by atoms with Gasteiger partial charge in [0.25, 0.3) is 0 Å². The molecule has 0 radical (unpaired) electrons. The molecule has 0 saturated heterocycles. The summed E-state index contributed by atoms with van der Waals surface area (Å²) < 4.78 is 53.0. The number of rotatable bonds is 3. The SMILES string of the molecule is C[N-]C.Cc1c(F)c(F)[c-]c(OCc2ccccn2)c1F.[O]=[Os]. The van der Waals surface area contributed by atoms with Crippen LogP contribution in [0.25, 0.3) is 5.32 Å². The standard InChI is InChI=1S/C13H9F3NO.C2H6N.O.Os/c1-8-12(15)10(14)6-11(13(8)16)18-7-9-4-2-3-5-17-9;1-3-2;;/h2-5H,7H2,1H3;1-2H3;;/q2*-1;;. The van der Waals surface area contributed by atoms with E-state index in [-0.39, 0.29) is 6.61 Å². The zero-order chi connectivity index (χ0) is 17.8. The van der Waals surface area contributed by atoms with Gasteiger partial charge in [-0.3, -0.25) is 13.8 Å². The summed E-state index contributed by atoms with van der Waals surface area (Å²) in [5.41, 5.74) is 0.120. The first-order valence-corrected chi connectivity index (χ1v) is 7.26. The van der Waals surface area contributed by atoms with E-state index < -0.39 is 28.8 Å². The second-order valence-corrected chi connectivity index (χ2v) is 4.08. The zero-order valence-corrected chi connectivity index (χ0v) is 15.3.